The Labute approximate surface area is 109 Å². The molecule has 1 aromatic rings. The van der Waals surface area contributed by atoms with Gasteiger partial charge in [0.05, 0.1) is 5.60 Å². The molecular weight excluding hydrogens is 231 g/mol. The van der Waals surface area contributed by atoms with Gasteiger partial charge in [0.25, 0.3) is 0 Å². The molecule has 0 saturated heterocycles. The summed E-state index contributed by atoms with van der Waals surface area (Å²) in [5, 5.41) is 10.5. The Bertz CT molecular complexity index is 386. The van der Waals surface area contributed by atoms with Crippen molar-refractivity contribution in [3.8, 4) is 0 Å². The topological polar surface area (TPSA) is 29.5 Å². The van der Waals surface area contributed by atoms with Gasteiger partial charge in [0.2, 0.25) is 0 Å². The van der Waals surface area contributed by atoms with Crippen LogP contribution in [0.2, 0.25) is 0 Å². The lowest BCUT2D eigenvalue weighted by Gasteiger charge is -2.36. The molecule has 0 fully saturated rings. The van der Waals surface area contributed by atoms with E-state index in [1.807, 2.05) is 20.8 Å². The van der Waals surface area contributed by atoms with Crippen LogP contribution in [-0.2, 0) is 4.74 Å². The Morgan fingerprint density at radius 1 is 1.28 bits per heavy atom. The average Bonchev–Trinajstić information content (AvgIpc) is 2.38. The van der Waals surface area contributed by atoms with Gasteiger partial charge in [0.15, 0.2) is 0 Å². The number of hydrogen-bond donors (Lipinski definition) is 1. The highest BCUT2D eigenvalue weighted by atomic mass is 19.1. The smallest absolute Gasteiger partial charge is 0.126 e. The summed E-state index contributed by atoms with van der Waals surface area (Å²) in [4.78, 5) is 0. The molecule has 0 spiro atoms. The van der Waals surface area contributed by atoms with E-state index in [9.17, 15) is 9.50 Å². The lowest BCUT2D eigenvalue weighted by atomic mass is 9.85. The first-order valence-electron chi connectivity index (χ1n) is 6.58. The normalized spacial score (nSPS) is 13.7. The number of halogens is 1. The number of aliphatic hydroxyl groups excluding tert-OH is 1. The maximum atomic E-state index is 13.6. The van der Waals surface area contributed by atoms with Gasteiger partial charge in [-0.1, -0.05) is 26.0 Å². The fraction of sp³-hybridized carbons (Fsp3) is 0.600. The quantitative estimate of drug-likeness (QED) is 0.837. The van der Waals surface area contributed by atoms with E-state index in [0.29, 0.717) is 30.6 Å². The molecule has 0 aliphatic heterocycles. The van der Waals surface area contributed by atoms with E-state index < -0.39 is 11.7 Å². The molecule has 18 heavy (non-hydrogen) atoms. The van der Waals surface area contributed by atoms with Crippen molar-refractivity contribution in [3.63, 3.8) is 0 Å². The predicted octanol–water partition coefficient (Wildman–Crippen LogP) is 3.76. The summed E-state index contributed by atoms with van der Waals surface area (Å²) in [7, 11) is 0. The summed E-state index contributed by atoms with van der Waals surface area (Å²) in [5.41, 5.74) is 0.535. The van der Waals surface area contributed by atoms with E-state index >= 15 is 0 Å². The van der Waals surface area contributed by atoms with E-state index in [0.717, 1.165) is 0 Å². The predicted molar refractivity (Wildman–Crippen MR) is 71.0 cm³/mol. The number of hydrogen-bond acceptors (Lipinski definition) is 2. The Hall–Kier alpha value is -0.930. The van der Waals surface area contributed by atoms with Crippen molar-refractivity contribution in [1.29, 1.82) is 0 Å². The van der Waals surface area contributed by atoms with Gasteiger partial charge >= 0.3 is 0 Å². The highest BCUT2D eigenvalue weighted by Crippen LogP contribution is 2.35. The van der Waals surface area contributed by atoms with E-state index in [4.69, 9.17) is 4.74 Å². The number of ether oxygens (including phenoxy) is 1. The molecule has 1 N–H and O–H groups in total. The summed E-state index contributed by atoms with van der Waals surface area (Å²) in [6.45, 7) is 8.11. The molecule has 0 aliphatic carbocycles. The van der Waals surface area contributed by atoms with Gasteiger partial charge in [0, 0.05) is 6.61 Å². The first kappa shape index (κ1) is 15.1. The van der Waals surface area contributed by atoms with Crippen LogP contribution < -0.4 is 0 Å². The van der Waals surface area contributed by atoms with Crippen LogP contribution in [0.5, 0.6) is 0 Å². The molecule has 1 rings (SSSR count). The molecule has 2 nitrogen and oxygen atoms in total. The Kier molecular flexibility index (Phi) is 5.29. The summed E-state index contributed by atoms with van der Waals surface area (Å²) < 4.78 is 19.3. The third-order valence-electron chi connectivity index (χ3n) is 3.64. The van der Waals surface area contributed by atoms with Crippen molar-refractivity contribution in [2.75, 3.05) is 6.61 Å². The summed E-state index contributed by atoms with van der Waals surface area (Å²) in [5.74, 6) is -0.288. The van der Waals surface area contributed by atoms with Crippen molar-refractivity contribution in [3.05, 3.63) is 35.1 Å². The lowest BCUT2D eigenvalue weighted by molar-refractivity contribution is -0.127. The second-order valence-corrected chi connectivity index (χ2v) is 4.62. The van der Waals surface area contributed by atoms with E-state index in [2.05, 4.69) is 0 Å². The highest BCUT2D eigenvalue weighted by Gasteiger charge is 2.36. The third-order valence-corrected chi connectivity index (χ3v) is 3.64. The molecule has 1 unspecified atom stereocenters. The molecule has 1 atom stereocenters. The highest BCUT2D eigenvalue weighted by molar-refractivity contribution is 5.26. The first-order chi connectivity index (χ1) is 8.50. The molecule has 0 heterocycles. The monoisotopic (exact) mass is 254 g/mol. The number of aliphatic hydroxyl groups is 1. The minimum atomic E-state index is -0.803. The van der Waals surface area contributed by atoms with Gasteiger partial charge in [-0.05, 0) is 43.9 Å². The van der Waals surface area contributed by atoms with Crippen molar-refractivity contribution in [2.24, 2.45) is 0 Å². The number of aryl methyl sites for hydroxylation is 1. The average molecular weight is 254 g/mol. The maximum Gasteiger partial charge on any atom is 0.126 e. The van der Waals surface area contributed by atoms with Crippen molar-refractivity contribution >= 4 is 0 Å². The van der Waals surface area contributed by atoms with Gasteiger partial charge in [-0.3, -0.25) is 0 Å². The number of benzene rings is 1. The van der Waals surface area contributed by atoms with E-state index in [1.54, 1.807) is 19.1 Å². The van der Waals surface area contributed by atoms with Crippen LogP contribution in [0.25, 0.3) is 0 Å². The van der Waals surface area contributed by atoms with Gasteiger partial charge in [-0.25, -0.2) is 4.39 Å². The van der Waals surface area contributed by atoms with Crippen molar-refractivity contribution < 1.29 is 14.2 Å². The van der Waals surface area contributed by atoms with Crippen LogP contribution >= 0.6 is 0 Å². The van der Waals surface area contributed by atoms with Crippen LogP contribution in [0.15, 0.2) is 18.2 Å². The lowest BCUT2D eigenvalue weighted by Crippen LogP contribution is -2.38. The SMILES string of the molecule is CCOC(CC)(CC)C(O)c1ccc(C)c(F)c1. The van der Waals surface area contributed by atoms with Gasteiger partial charge in [-0.2, -0.15) is 0 Å². The van der Waals surface area contributed by atoms with Gasteiger partial charge in [0.1, 0.15) is 11.9 Å². The third kappa shape index (κ3) is 2.90. The van der Waals surface area contributed by atoms with Crippen LogP contribution in [0.3, 0.4) is 0 Å². The number of rotatable bonds is 6. The Morgan fingerprint density at radius 2 is 1.89 bits per heavy atom. The Morgan fingerprint density at radius 3 is 2.33 bits per heavy atom. The molecular formula is C15H23FO2. The largest absolute Gasteiger partial charge is 0.385 e. The molecule has 0 bridgehead atoms. The van der Waals surface area contributed by atoms with Crippen molar-refractivity contribution in [2.45, 2.75) is 52.2 Å². The molecule has 0 aromatic heterocycles. The van der Waals surface area contributed by atoms with E-state index in [-0.39, 0.29) is 5.82 Å². The van der Waals surface area contributed by atoms with Crippen LogP contribution in [0, 0.1) is 12.7 Å². The zero-order chi connectivity index (χ0) is 13.8. The van der Waals surface area contributed by atoms with Gasteiger partial charge < -0.3 is 9.84 Å². The van der Waals surface area contributed by atoms with Crippen LogP contribution in [0.4, 0.5) is 4.39 Å². The van der Waals surface area contributed by atoms with Gasteiger partial charge in [-0.15, -0.1) is 0 Å². The zero-order valence-corrected chi connectivity index (χ0v) is 11.7. The minimum absolute atomic E-state index is 0.288. The molecule has 0 radical (unpaired) electrons. The summed E-state index contributed by atoms with van der Waals surface area (Å²) >= 11 is 0. The molecule has 0 amide bonds. The molecule has 0 aliphatic rings. The Balaban J connectivity index is 3.08. The fourth-order valence-electron chi connectivity index (χ4n) is 2.29. The first-order valence-corrected chi connectivity index (χ1v) is 6.58. The molecule has 102 valence electrons. The summed E-state index contributed by atoms with van der Waals surface area (Å²) in [6.07, 6.45) is 0.574. The summed E-state index contributed by atoms with van der Waals surface area (Å²) in [6, 6.07) is 4.86. The minimum Gasteiger partial charge on any atom is -0.385 e. The zero-order valence-electron chi connectivity index (χ0n) is 11.7. The second-order valence-electron chi connectivity index (χ2n) is 4.62. The van der Waals surface area contributed by atoms with Crippen LogP contribution in [0.1, 0.15) is 50.8 Å². The van der Waals surface area contributed by atoms with Crippen molar-refractivity contribution in [1.82, 2.24) is 0 Å². The van der Waals surface area contributed by atoms with Crippen LogP contribution in [-0.4, -0.2) is 17.3 Å². The molecule has 3 heteroatoms. The second kappa shape index (κ2) is 6.30. The molecule has 1 aromatic carbocycles. The standard InChI is InChI=1S/C15H23FO2/c1-5-15(6-2,18-7-3)14(17)12-9-8-11(4)13(16)10-12/h8-10,14,17H,5-7H2,1-4H3. The maximum absolute atomic E-state index is 13.6. The fourth-order valence-corrected chi connectivity index (χ4v) is 2.29. The molecule has 0 saturated carbocycles. The van der Waals surface area contributed by atoms with E-state index in [1.165, 1.54) is 6.07 Å².